The number of aliphatic hydroxyl groups excluding tert-OH is 1. The number of hydrogen-bond acceptors (Lipinski definition) is 4. The molecule has 108 valence electrons. The lowest BCUT2D eigenvalue weighted by Gasteiger charge is -2.14. The van der Waals surface area contributed by atoms with Crippen LogP contribution in [0.25, 0.3) is 0 Å². The van der Waals surface area contributed by atoms with Gasteiger partial charge in [-0.25, -0.2) is 4.98 Å². The third-order valence-electron chi connectivity index (χ3n) is 3.02. The molecule has 0 aliphatic rings. The third-order valence-corrected chi connectivity index (χ3v) is 4.34. The molecule has 20 heavy (non-hydrogen) atoms. The van der Waals surface area contributed by atoms with Crippen LogP contribution in [0, 0.1) is 0 Å². The molecule has 3 nitrogen and oxygen atoms in total. The van der Waals surface area contributed by atoms with Crippen LogP contribution in [0.1, 0.15) is 43.1 Å². The first-order valence-corrected chi connectivity index (χ1v) is 7.73. The van der Waals surface area contributed by atoms with Gasteiger partial charge >= 0.3 is 0 Å². The second-order valence-corrected chi connectivity index (χ2v) is 6.81. The van der Waals surface area contributed by atoms with Crippen molar-refractivity contribution in [1.82, 2.24) is 10.3 Å². The zero-order valence-electron chi connectivity index (χ0n) is 12.3. The largest absolute Gasteiger partial charge is 0.387 e. The number of aliphatic hydroxyl groups is 1. The molecule has 1 unspecified atom stereocenters. The van der Waals surface area contributed by atoms with E-state index in [0.717, 1.165) is 16.3 Å². The molecule has 0 bridgehead atoms. The van der Waals surface area contributed by atoms with Gasteiger partial charge in [-0.15, -0.1) is 11.3 Å². The van der Waals surface area contributed by atoms with Crippen LogP contribution >= 0.6 is 11.3 Å². The van der Waals surface area contributed by atoms with Crippen LogP contribution in [0.2, 0.25) is 0 Å². The molecule has 2 N–H and O–H groups in total. The molecule has 1 heterocycles. The maximum atomic E-state index is 10.1. The van der Waals surface area contributed by atoms with Crippen LogP contribution in [-0.2, 0) is 12.0 Å². The molecule has 1 aromatic heterocycles. The minimum Gasteiger partial charge on any atom is -0.387 e. The highest BCUT2D eigenvalue weighted by Crippen LogP contribution is 2.25. The summed E-state index contributed by atoms with van der Waals surface area (Å²) in [5, 5.41) is 16.5. The average molecular weight is 290 g/mol. The van der Waals surface area contributed by atoms with Crippen LogP contribution in [0.15, 0.2) is 35.7 Å². The van der Waals surface area contributed by atoms with Gasteiger partial charge in [0.25, 0.3) is 0 Å². The van der Waals surface area contributed by atoms with E-state index in [9.17, 15) is 5.11 Å². The van der Waals surface area contributed by atoms with E-state index in [4.69, 9.17) is 0 Å². The van der Waals surface area contributed by atoms with Gasteiger partial charge in [0.05, 0.1) is 16.8 Å². The maximum Gasteiger partial charge on any atom is 0.0982 e. The van der Waals surface area contributed by atoms with Gasteiger partial charge in [-0.1, -0.05) is 51.1 Å². The van der Waals surface area contributed by atoms with Gasteiger partial charge in [-0.05, 0) is 5.56 Å². The number of rotatable bonds is 5. The summed E-state index contributed by atoms with van der Waals surface area (Å²) in [7, 11) is 0. The molecule has 2 rings (SSSR count). The van der Waals surface area contributed by atoms with E-state index >= 15 is 0 Å². The molecule has 0 saturated heterocycles. The molecule has 1 atom stereocenters. The highest BCUT2D eigenvalue weighted by Gasteiger charge is 2.17. The highest BCUT2D eigenvalue weighted by atomic mass is 32.1. The minimum atomic E-state index is -0.475. The normalized spacial score (nSPS) is 13.4. The Kier molecular flexibility index (Phi) is 4.91. The zero-order valence-corrected chi connectivity index (χ0v) is 13.1. The molecular formula is C16H22N2OS. The van der Waals surface area contributed by atoms with Crippen molar-refractivity contribution >= 4 is 11.3 Å². The van der Waals surface area contributed by atoms with Crippen molar-refractivity contribution < 1.29 is 5.11 Å². The molecule has 0 aliphatic heterocycles. The fraction of sp³-hybridized carbons (Fsp3) is 0.438. The summed E-state index contributed by atoms with van der Waals surface area (Å²) < 4.78 is 0. The number of nitrogens with zero attached hydrogens (tertiary/aromatic N) is 1. The van der Waals surface area contributed by atoms with Crippen molar-refractivity contribution in [2.45, 2.75) is 38.8 Å². The van der Waals surface area contributed by atoms with Gasteiger partial charge in [0.2, 0.25) is 0 Å². The van der Waals surface area contributed by atoms with Gasteiger partial charge in [0.15, 0.2) is 0 Å². The lowest BCUT2D eigenvalue weighted by atomic mass is 9.98. The molecule has 0 fully saturated rings. The van der Waals surface area contributed by atoms with E-state index in [0.29, 0.717) is 13.1 Å². The van der Waals surface area contributed by atoms with E-state index in [2.05, 4.69) is 36.5 Å². The Bertz CT molecular complexity index is 531. The highest BCUT2D eigenvalue weighted by molar-refractivity contribution is 7.09. The van der Waals surface area contributed by atoms with Crippen molar-refractivity contribution in [2.24, 2.45) is 0 Å². The zero-order chi connectivity index (χ0) is 14.6. The van der Waals surface area contributed by atoms with Gasteiger partial charge in [-0.2, -0.15) is 0 Å². The Morgan fingerprint density at radius 1 is 1.25 bits per heavy atom. The van der Waals surface area contributed by atoms with E-state index < -0.39 is 6.10 Å². The lowest BCUT2D eigenvalue weighted by molar-refractivity contribution is 0.174. The fourth-order valence-electron chi connectivity index (χ4n) is 1.86. The standard InChI is InChI=1S/C16H22N2OS/c1-16(2,3)15-18-13(11-20-15)9-17-10-14(19)12-7-5-4-6-8-12/h4-8,11,14,17,19H,9-10H2,1-3H3. The Morgan fingerprint density at radius 3 is 2.55 bits per heavy atom. The number of benzene rings is 1. The van der Waals surface area contributed by atoms with Crippen LogP contribution in [0.3, 0.4) is 0 Å². The van der Waals surface area contributed by atoms with Crippen molar-refractivity contribution in [3.63, 3.8) is 0 Å². The van der Waals surface area contributed by atoms with Crippen LogP contribution in [-0.4, -0.2) is 16.6 Å². The summed E-state index contributed by atoms with van der Waals surface area (Å²) in [6.45, 7) is 7.73. The smallest absolute Gasteiger partial charge is 0.0982 e. The second-order valence-electron chi connectivity index (χ2n) is 5.95. The summed E-state index contributed by atoms with van der Waals surface area (Å²) in [6.07, 6.45) is -0.475. The summed E-state index contributed by atoms with van der Waals surface area (Å²) in [5.41, 5.74) is 2.08. The Morgan fingerprint density at radius 2 is 1.95 bits per heavy atom. The minimum absolute atomic E-state index is 0.104. The molecule has 0 amide bonds. The molecule has 0 saturated carbocycles. The molecule has 0 radical (unpaired) electrons. The monoisotopic (exact) mass is 290 g/mol. The number of nitrogens with one attached hydrogen (secondary N) is 1. The second kappa shape index (κ2) is 6.48. The van der Waals surface area contributed by atoms with Gasteiger partial charge in [-0.3, -0.25) is 0 Å². The molecule has 0 aliphatic carbocycles. The molecular weight excluding hydrogens is 268 g/mol. The van der Waals surface area contributed by atoms with Crippen LogP contribution < -0.4 is 5.32 Å². The van der Waals surface area contributed by atoms with E-state index in [-0.39, 0.29) is 5.41 Å². The Labute approximate surface area is 124 Å². The van der Waals surface area contributed by atoms with Crippen LogP contribution in [0.4, 0.5) is 0 Å². The molecule has 0 spiro atoms. The predicted molar refractivity (Wildman–Crippen MR) is 83.9 cm³/mol. The molecule has 2 aromatic rings. The average Bonchev–Trinajstić information content (AvgIpc) is 2.88. The van der Waals surface area contributed by atoms with Gasteiger partial charge < -0.3 is 10.4 Å². The van der Waals surface area contributed by atoms with E-state index in [1.807, 2.05) is 30.3 Å². The summed E-state index contributed by atoms with van der Waals surface area (Å²) in [4.78, 5) is 4.63. The number of aromatic nitrogens is 1. The van der Waals surface area contributed by atoms with Crippen molar-refractivity contribution in [1.29, 1.82) is 0 Å². The first kappa shape index (κ1) is 15.2. The Hall–Kier alpha value is -1.23. The summed E-state index contributed by atoms with van der Waals surface area (Å²) >= 11 is 1.70. The quantitative estimate of drug-likeness (QED) is 0.888. The number of hydrogen-bond donors (Lipinski definition) is 2. The van der Waals surface area contributed by atoms with Crippen LogP contribution in [0.5, 0.6) is 0 Å². The molecule has 1 aromatic carbocycles. The van der Waals surface area contributed by atoms with Crippen molar-refractivity contribution in [3.8, 4) is 0 Å². The van der Waals surface area contributed by atoms with Crippen molar-refractivity contribution in [3.05, 3.63) is 52.0 Å². The Balaban J connectivity index is 1.83. The molecule has 4 heteroatoms. The first-order chi connectivity index (χ1) is 9.47. The fourth-order valence-corrected chi connectivity index (χ4v) is 2.77. The van der Waals surface area contributed by atoms with Gasteiger partial charge in [0.1, 0.15) is 0 Å². The topological polar surface area (TPSA) is 45.2 Å². The number of thiazole rings is 1. The van der Waals surface area contributed by atoms with E-state index in [1.165, 1.54) is 0 Å². The third kappa shape index (κ3) is 4.13. The SMILES string of the molecule is CC(C)(C)c1nc(CNCC(O)c2ccccc2)cs1. The van der Waals surface area contributed by atoms with Crippen molar-refractivity contribution in [2.75, 3.05) is 6.54 Å². The maximum absolute atomic E-state index is 10.1. The van der Waals surface area contributed by atoms with Gasteiger partial charge in [0, 0.05) is 23.9 Å². The summed E-state index contributed by atoms with van der Waals surface area (Å²) in [5.74, 6) is 0. The van der Waals surface area contributed by atoms with E-state index in [1.54, 1.807) is 11.3 Å². The first-order valence-electron chi connectivity index (χ1n) is 6.85. The summed E-state index contributed by atoms with van der Waals surface area (Å²) in [6, 6.07) is 9.70. The predicted octanol–water partition coefficient (Wildman–Crippen LogP) is 3.26. The lowest BCUT2D eigenvalue weighted by Crippen LogP contribution is -2.21.